The molecule has 0 fully saturated rings. The van der Waals surface area contributed by atoms with Gasteiger partial charge >= 0.3 is 5.69 Å². The van der Waals surface area contributed by atoms with Crippen molar-refractivity contribution >= 4 is 22.5 Å². The number of halogens is 1. The Morgan fingerprint density at radius 2 is 1.95 bits per heavy atom. The van der Waals surface area contributed by atoms with Crippen molar-refractivity contribution in [3.63, 3.8) is 0 Å². The number of rotatable bonds is 2. The van der Waals surface area contributed by atoms with Crippen molar-refractivity contribution in [2.45, 2.75) is 20.4 Å². The zero-order valence-electron chi connectivity index (χ0n) is 11.9. The average Bonchev–Trinajstić information content (AvgIpc) is 2.47. The molecule has 0 atom stereocenters. The Kier molecular flexibility index (Phi) is 3.52. The second-order valence-corrected chi connectivity index (χ2v) is 5.40. The maximum atomic E-state index is 12.3. The van der Waals surface area contributed by atoms with E-state index in [-0.39, 0.29) is 5.69 Å². The van der Waals surface area contributed by atoms with E-state index >= 15 is 0 Å². The third kappa shape index (κ3) is 2.34. The highest BCUT2D eigenvalue weighted by molar-refractivity contribution is 6.31. The SMILES string of the molecule is CCn1c(=O)nc(-c2ccccc2C)c2cc(Cl)ccc21. The lowest BCUT2D eigenvalue weighted by molar-refractivity contribution is 0.733. The first kappa shape index (κ1) is 13.8. The summed E-state index contributed by atoms with van der Waals surface area (Å²) in [7, 11) is 0. The van der Waals surface area contributed by atoms with Crippen LogP contribution in [-0.2, 0) is 6.54 Å². The third-order valence-corrected chi connectivity index (χ3v) is 3.89. The van der Waals surface area contributed by atoms with Crippen molar-refractivity contribution in [1.29, 1.82) is 0 Å². The molecule has 0 amide bonds. The summed E-state index contributed by atoms with van der Waals surface area (Å²) in [4.78, 5) is 16.6. The van der Waals surface area contributed by atoms with E-state index in [2.05, 4.69) is 4.98 Å². The lowest BCUT2D eigenvalue weighted by Crippen LogP contribution is -2.23. The van der Waals surface area contributed by atoms with Crippen LogP contribution in [0.2, 0.25) is 5.02 Å². The minimum atomic E-state index is -0.231. The van der Waals surface area contributed by atoms with Gasteiger partial charge in [0.1, 0.15) is 0 Å². The number of hydrogen-bond acceptors (Lipinski definition) is 2. The highest BCUT2D eigenvalue weighted by Crippen LogP contribution is 2.29. The molecular weight excluding hydrogens is 284 g/mol. The summed E-state index contributed by atoms with van der Waals surface area (Å²) in [6, 6.07) is 13.5. The van der Waals surface area contributed by atoms with Crippen LogP contribution in [0.25, 0.3) is 22.2 Å². The molecule has 3 nitrogen and oxygen atoms in total. The van der Waals surface area contributed by atoms with Gasteiger partial charge < -0.3 is 0 Å². The lowest BCUT2D eigenvalue weighted by atomic mass is 10.0. The average molecular weight is 299 g/mol. The molecule has 0 radical (unpaired) electrons. The molecule has 4 heteroatoms. The van der Waals surface area contributed by atoms with Crippen molar-refractivity contribution in [3.8, 4) is 11.3 Å². The van der Waals surface area contributed by atoms with Crippen LogP contribution >= 0.6 is 11.6 Å². The van der Waals surface area contributed by atoms with Gasteiger partial charge in [0.2, 0.25) is 0 Å². The summed E-state index contributed by atoms with van der Waals surface area (Å²) in [6.45, 7) is 4.53. The first-order chi connectivity index (χ1) is 10.1. The zero-order valence-corrected chi connectivity index (χ0v) is 12.7. The number of nitrogens with zero attached hydrogens (tertiary/aromatic N) is 2. The Bertz CT molecular complexity index is 884. The van der Waals surface area contributed by atoms with Crippen LogP contribution in [0.15, 0.2) is 47.3 Å². The predicted molar refractivity (Wildman–Crippen MR) is 86.9 cm³/mol. The number of aryl methyl sites for hydroxylation is 2. The topological polar surface area (TPSA) is 34.9 Å². The smallest absolute Gasteiger partial charge is 0.292 e. The monoisotopic (exact) mass is 298 g/mol. The van der Waals surface area contributed by atoms with Crippen LogP contribution < -0.4 is 5.69 Å². The molecule has 0 saturated heterocycles. The third-order valence-electron chi connectivity index (χ3n) is 3.66. The van der Waals surface area contributed by atoms with Gasteiger partial charge in [-0.2, -0.15) is 4.98 Å². The minimum Gasteiger partial charge on any atom is -0.292 e. The number of fused-ring (bicyclic) bond motifs is 1. The fourth-order valence-electron chi connectivity index (χ4n) is 2.60. The van der Waals surface area contributed by atoms with Crippen LogP contribution in [-0.4, -0.2) is 9.55 Å². The molecule has 0 aliphatic carbocycles. The lowest BCUT2D eigenvalue weighted by Gasteiger charge is -2.12. The van der Waals surface area contributed by atoms with Crippen molar-refractivity contribution in [1.82, 2.24) is 9.55 Å². The van der Waals surface area contributed by atoms with E-state index in [4.69, 9.17) is 11.6 Å². The van der Waals surface area contributed by atoms with Crippen molar-refractivity contribution in [3.05, 3.63) is 63.5 Å². The van der Waals surface area contributed by atoms with E-state index in [1.807, 2.05) is 50.2 Å². The summed E-state index contributed by atoms with van der Waals surface area (Å²) in [6.07, 6.45) is 0. The summed E-state index contributed by atoms with van der Waals surface area (Å²) in [5, 5.41) is 1.54. The zero-order chi connectivity index (χ0) is 15.0. The van der Waals surface area contributed by atoms with E-state index in [0.29, 0.717) is 17.3 Å². The van der Waals surface area contributed by atoms with E-state index < -0.39 is 0 Å². The minimum absolute atomic E-state index is 0.231. The molecule has 0 aliphatic rings. The van der Waals surface area contributed by atoms with E-state index in [9.17, 15) is 4.79 Å². The molecule has 0 spiro atoms. The standard InChI is InChI=1S/C17H15ClN2O/c1-3-20-15-9-8-12(18)10-14(15)16(19-17(20)21)13-7-5-4-6-11(13)2/h4-10H,3H2,1-2H3. The summed E-state index contributed by atoms with van der Waals surface area (Å²) < 4.78 is 1.66. The normalized spacial score (nSPS) is 11.0. The Balaban J connectivity index is 2.46. The molecule has 0 saturated carbocycles. The highest BCUT2D eigenvalue weighted by Gasteiger charge is 2.13. The number of aromatic nitrogens is 2. The van der Waals surface area contributed by atoms with Crippen LogP contribution in [0.1, 0.15) is 12.5 Å². The molecule has 1 heterocycles. The molecule has 0 bridgehead atoms. The Morgan fingerprint density at radius 1 is 1.19 bits per heavy atom. The Hall–Kier alpha value is -2.13. The molecular formula is C17H15ClN2O. The molecule has 0 aliphatic heterocycles. The Labute approximate surface area is 127 Å². The first-order valence-corrected chi connectivity index (χ1v) is 7.25. The highest BCUT2D eigenvalue weighted by atomic mass is 35.5. The van der Waals surface area contributed by atoms with Gasteiger partial charge in [-0.15, -0.1) is 0 Å². The summed E-state index contributed by atoms with van der Waals surface area (Å²) >= 11 is 6.14. The molecule has 0 N–H and O–H groups in total. The molecule has 3 rings (SSSR count). The van der Waals surface area contributed by atoms with Crippen LogP contribution in [0.5, 0.6) is 0 Å². The second kappa shape index (κ2) is 5.34. The molecule has 2 aromatic carbocycles. The Morgan fingerprint density at radius 3 is 2.67 bits per heavy atom. The van der Waals surface area contributed by atoms with Crippen molar-refractivity contribution < 1.29 is 0 Å². The van der Waals surface area contributed by atoms with Crippen molar-refractivity contribution in [2.24, 2.45) is 0 Å². The second-order valence-electron chi connectivity index (χ2n) is 4.96. The van der Waals surface area contributed by atoms with Crippen molar-refractivity contribution in [2.75, 3.05) is 0 Å². The molecule has 21 heavy (non-hydrogen) atoms. The van der Waals surface area contributed by atoms with E-state index in [1.54, 1.807) is 10.6 Å². The largest absolute Gasteiger partial charge is 0.348 e. The van der Waals surface area contributed by atoms with Gasteiger partial charge in [-0.05, 0) is 37.6 Å². The quantitative estimate of drug-likeness (QED) is 0.715. The maximum absolute atomic E-state index is 12.3. The van der Waals surface area contributed by atoms with Gasteiger partial charge in [-0.25, -0.2) is 4.79 Å². The predicted octanol–water partition coefficient (Wildman–Crippen LogP) is 4.05. The van der Waals surface area contributed by atoms with Gasteiger partial charge in [0, 0.05) is 22.5 Å². The fraction of sp³-hybridized carbons (Fsp3) is 0.176. The van der Waals surface area contributed by atoms with Gasteiger partial charge in [-0.3, -0.25) is 4.57 Å². The maximum Gasteiger partial charge on any atom is 0.348 e. The number of benzene rings is 2. The van der Waals surface area contributed by atoms with Gasteiger partial charge in [0.05, 0.1) is 11.2 Å². The van der Waals surface area contributed by atoms with Crippen LogP contribution in [0.4, 0.5) is 0 Å². The first-order valence-electron chi connectivity index (χ1n) is 6.88. The van der Waals surface area contributed by atoms with E-state index in [0.717, 1.165) is 22.0 Å². The van der Waals surface area contributed by atoms with Crippen LogP contribution in [0, 0.1) is 6.92 Å². The van der Waals surface area contributed by atoms with Gasteiger partial charge in [0.15, 0.2) is 0 Å². The molecule has 106 valence electrons. The van der Waals surface area contributed by atoms with E-state index in [1.165, 1.54) is 0 Å². The van der Waals surface area contributed by atoms with Crippen LogP contribution in [0.3, 0.4) is 0 Å². The van der Waals surface area contributed by atoms with Gasteiger partial charge in [0.25, 0.3) is 0 Å². The molecule has 0 unspecified atom stereocenters. The molecule has 3 aromatic rings. The van der Waals surface area contributed by atoms with Gasteiger partial charge in [-0.1, -0.05) is 35.9 Å². The number of hydrogen-bond donors (Lipinski definition) is 0. The fourth-order valence-corrected chi connectivity index (χ4v) is 2.77. The summed E-state index contributed by atoms with van der Waals surface area (Å²) in [5.41, 5.74) is 3.37. The summed E-state index contributed by atoms with van der Waals surface area (Å²) in [5.74, 6) is 0. The molecule has 1 aromatic heterocycles.